The van der Waals surface area contributed by atoms with Gasteiger partial charge in [-0.15, -0.1) is 11.3 Å². The van der Waals surface area contributed by atoms with Crippen molar-refractivity contribution in [3.63, 3.8) is 0 Å². The number of likely N-dealkylation sites (tertiary alicyclic amines) is 1. The number of aliphatic hydroxyl groups excluding tert-OH is 1. The predicted octanol–water partition coefficient (Wildman–Crippen LogP) is 4.29. The van der Waals surface area contributed by atoms with Crippen molar-refractivity contribution in [2.75, 3.05) is 14.2 Å². The average Bonchev–Trinajstić information content (AvgIpc) is 3.40. The first-order valence-electron chi connectivity index (χ1n) is 9.91. The average molecular weight is 492 g/mol. The van der Waals surface area contributed by atoms with Crippen LogP contribution in [0, 0.1) is 0 Å². The van der Waals surface area contributed by atoms with Crippen molar-refractivity contribution >= 4 is 38.7 Å². The molecule has 1 aliphatic heterocycles. The van der Waals surface area contributed by atoms with Gasteiger partial charge in [-0.1, -0.05) is 29.8 Å². The number of sulfone groups is 1. The van der Waals surface area contributed by atoms with Crippen LogP contribution in [0.1, 0.15) is 28.9 Å². The van der Waals surface area contributed by atoms with Crippen LogP contribution in [0.2, 0.25) is 5.02 Å². The van der Waals surface area contributed by atoms with Crippen molar-refractivity contribution in [3.05, 3.63) is 76.1 Å². The lowest BCUT2D eigenvalue weighted by molar-refractivity contribution is -0.128. The largest absolute Gasteiger partial charge is 0.496 e. The second-order valence-electron chi connectivity index (χ2n) is 7.61. The molecule has 3 atom stereocenters. The number of benzene rings is 2. The van der Waals surface area contributed by atoms with Crippen LogP contribution in [-0.4, -0.2) is 44.5 Å². The van der Waals surface area contributed by atoms with E-state index in [0.29, 0.717) is 15.6 Å². The summed E-state index contributed by atoms with van der Waals surface area (Å²) in [7, 11) is -0.520. The van der Waals surface area contributed by atoms with Crippen molar-refractivity contribution in [2.24, 2.45) is 0 Å². The molecule has 1 fully saturated rings. The minimum absolute atomic E-state index is 0.0875. The molecule has 0 radical (unpaired) electrons. The molecule has 32 heavy (non-hydrogen) atoms. The number of likely N-dealkylation sites (N-methyl/N-ethyl adjacent to an activating group) is 1. The van der Waals surface area contributed by atoms with Gasteiger partial charge >= 0.3 is 0 Å². The van der Waals surface area contributed by atoms with Gasteiger partial charge in [0.1, 0.15) is 16.1 Å². The molecule has 9 heteroatoms. The highest BCUT2D eigenvalue weighted by Crippen LogP contribution is 2.44. The Hall–Kier alpha value is -2.39. The lowest BCUT2D eigenvalue weighted by Gasteiger charge is -2.30. The van der Waals surface area contributed by atoms with Gasteiger partial charge in [0.2, 0.25) is 15.7 Å². The molecular formula is C23H22ClNO5S2. The third kappa shape index (κ3) is 4.03. The molecule has 4 rings (SSSR count). The lowest BCUT2D eigenvalue weighted by atomic mass is 9.87. The maximum atomic E-state index is 13.0. The predicted molar refractivity (Wildman–Crippen MR) is 123 cm³/mol. The molecule has 1 amide bonds. The van der Waals surface area contributed by atoms with Crippen LogP contribution in [0.3, 0.4) is 0 Å². The Labute approximate surface area is 195 Å². The fourth-order valence-corrected chi connectivity index (χ4v) is 7.00. The number of para-hydroxylation sites is 1. The summed E-state index contributed by atoms with van der Waals surface area (Å²) >= 11 is 6.88. The molecular weight excluding hydrogens is 470 g/mol. The number of amides is 1. The first-order chi connectivity index (χ1) is 15.2. The zero-order valence-corrected chi connectivity index (χ0v) is 19.8. The molecule has 6 nitrogen and oxygen atoms in total. The Morgan fingerprint density at radius 2 is 1.81 bits per heavy atom. The third-order valence-electron chi connectivity index (χ3n) is 5.79. The van der Waals surface area contributed by atoms with Crippen molar-refractivity contribution < 1.29 is 23.1 Å². The van der Waals surface area contributed by atoms with Gasteiger partial charge in [0.25, 0.3) is 0 Å². The fraction of sp³-hybridized carbons (Fsp3) is 0.261. The number of carbonyl (C=O) groups is 1. The van der Waals surface area contributed by atoms with E-state index in [1.54, 1.807) is 20.2 Å². The first kappa shape index (κ1) is 22.8. The van der Waals surface area contributed by atoms with E-state index in [2.05, 4.69) is 0 Å². The van der Waals surface area contributed by atoms with Gasteiger partial charge < -0.3 is 14.7 Å². The number of hydrogen-bond donors (Lipinski definition) is 1. The summed E-state index contributed by atoms with van der Waals surface area (Å²) in [4.78, 5) is 14.7. The monoisotopic (exact) mass is 491 g/mol. The summed E-state index contributed by atoms with van der Waals surface area (Å²) in [6.07, 6.45) is -0.819. The molecule has 2 aromatic carbocycles. The molecule has 1 N–H and O–H groups in total. The normalized spacial score (nSPS) is 19.9. The standard InChI is InChI=1S/C23H22ClNO5S2/c1-25-20(26)13-17(16-5-3-4-6-18(16)30-2)22(25)23(27)19-11-12-21(31-19)32(28,29)15-9-7-14(24)8-10-15/h3-12,17,22-23,27H,13H2,1-2H3/t17-,22-,23-/m1/s1. The highest BCUT2D eigenvalue weighted by atomic mass is 35.5. The number of halogens is 1. The number of hydrogen-bond acceptors (Lipinski definition) is 6. The minimum atomic E-state index is -3.74. The second-order valence-corrected chi connectivity index (χ2v) is 11.3. The maximum Gasteiger partial charge on any atom is 0.223 e. The van der Waals surface area contributed by atoms with E-state index in [9.17, 15) is 18.3 Å². The smallest absolute Gasteiger partial charge is 0.223 e. The number of aliphatic hydroxyl groups is 1. The van der Waals surface area contributed by atoms with E-state index >= 15 is 0 Å². The SMILES string of the molecule is COc1ccccc1[C@H]1CC(=O)N(C)[C@H]1[C@H](O)c1ccc(S(=O)(=O)c2ccc(Cl)cc2)s1. The van der Waals surface area contributed by atoms with Crippen LogP contribution in [0.4, 0.5) is 0 Å². The van der Waals surface area contributed by atoms with Crippen LogP contribution in [0.25, 0.3) is 0 Å². The van der Waals surface area contributed by atoms with Gasteiger partial charge in [-0.3, -0.25) is 4.79 Å². The van der Waals surface area contributed by atoms with Gasteiger partial charge in [0.15, 0.2) is 0 Å². The fourth-order valence-electron chi connectivity index (χ4n) is 4.12. The number of nitrogens with zero attached hydrogens (tertiary/aromatic N) is 1. The summed E-state index contributed by atoms with van der Waals surface area (Å²) in [6, 6.07) is 15.9. The number of methoxy groups -OCH3 is 1. The Kier molecular flexibility index (Phi) is 6.31. The number of rotatable bonds is 6. The van der Waals surface area contributed by atoms with E-state index in [1.165, 1.54) is 35.2 Å². The van der Waals surface area contributed by atoms with E-state index in [1.807, 2.05) is 24.3 Å². The molecule has 0 aliphatic carbocycles. The Bertz CT molecular complexity index is 1240. The van der Waals surface area contributed by atoms with Crippen LogP contribution in [0.15, 0.2) is 69.8 Å². The van der Waals surface area contributed by atoms with Gasteiger partial charge in [0.05, 0.1) is 18.0 Å². The quantitative estimate of drug-likeness (QED) is 0.556. The minimum Gasteiger partial charge on any atom is -0.496 e. The molecule has 3 aromatic rings. The molecule has 1 saturated heterocycles. The summed E-state index contributed by atoms with van der Waals surface area (Å²) < 4.78 is 31.6. The van der Waals surface area contributed by atoms with Crippen molar-refractivity contribution in [3.8, 4) is 5.75 Å². The molecule has 0 bridgehead atoms. The second kappa shape index (κ2) is 8.86. The molecule has 0 saturated carbocycles. The molecule has 168 valence electrons. The van der Waals surface area contributed by atoms with E-state index in [0.717, 1.165) is 16.9 Å². The first-order valence-corrected chi connectivity index (χ1v) is 12.6. The van der Waals surface area contributed by atoms with Gasteiger partial charge in [-0.05, 0) is 48.0 Å². The van der Waals surface area contributed by atoms with E-state index in [-0.39, 0.29) is 27.4 Å². The van der Waals surface area contributed by atoms with Crippen LogP contribution in [-0.2, 0) is 14.6 Å². The zero-order valence-electron chi connectivity index (χ0n) is 17.4. The van der Waals surface area contributed by atoms with Gasteiger partial charge in [-0.25, -0.2) is 8.42 Å². The van der Waals surface area contributed by atoms with Crippen LogP contribution >= 0.6 is 22.9 Å². The van der Waals surface area contributed by atoms with Crippen molar-refractivity contribution in [2.45, 2.75) is 33.6 Å². The van der Waals surface area contributed by atoms with Gasteiger partial charge in [0, 0.05) is 29.3 Å². The number of thiophene rings is 1. The Morgan fingerprint density at radius 3 is 2.50 bits per heavy atom. The third-order valence-corrected chi connectivity index (χ3v) is 9.46. The Morgan fingerprint density at radius 1 is 1.12 bits per heavy atom. The van der Waals surface area contributed by atoms with Crippen LogP contribution < -0.4 is 4.74 Å². The van der Waals surface area contributed by atoms with Crippen molar-refractivity contribution in [1.82, 2.24) is 4.90 Å². The van der Waals surface area contributed by atoms with Crippen LogP contribution in [0.5, 0.6) is 5.75 Å². The number of ether oxygens (including phenoxy) is 1. The molecule has 0 spiro atoms. The lowest BCUT2D eigenvalue weighted by Crippen LogP contribution is -2.36. The molecule has 1 aliphatic rings. The molecule has 1 aromatic heterocycles. The highest BCUT2D eigenvalue weighted by Gasteiger charge is 2.44. The number of carbonyl (C=O) groups excluding carboxylic acids is 1. The van der Waals surface area contributed by atoms with Gasteiger partial charge in [-0.2, -0.15) is 0 Å². The van der Waals surface area contributed by atoms with E-state index in [4.69, 9.17) is 16.3 Å². The summed E-state index contributed by atoms with van der Waals surface area (Å²) in [5.41, 5.74) is 0.835. The molecule has 0 unspecified atom stereocenters. The summed E-state index contributed by atoms with van der Waals surface area (Å²) in [5, 5.41) is 11.7. The van der Waals surface area contributed by atoms with E-state index < -0.39 is 22.0 Å². The Balaban J connectivity index is 1.67. The topological polar surface area (TPSA) is 83.9 Å². The molecule has 2 heterocycles. The summed E-state index contributed by atoms with van der Waals surface area (Å²) in [5.74, 6) is 0.266. The maximum absolute atomic E-state index is 13.0. The highest BCUT2D eigenvalue weighted by molar-refractivity contribution is 7.93. The zero-order chi connectivity index (χ0) is 23.0. The summed E-state index contributed by atoms with van der Waals surface area (Å²) in [6.45, 7) is 0. The van der Waals surface area contributed by atoms with Crippen molar-refractivity contribution in [1.29, 1.82) is 0 Å².